The molecule has 0 bridgehead atoms. The molecule has 1 aromatic carbocycles. The summed E-state index contributed by atoms with van der Waals surface area (Å²) < 4.78 is 0. The van der Waals surface area contributed by atoms with Gasteiger partial charge in [-0.2, -0.15) is 0 Å². The Hall–Kier alpha value is -1.18. The van der Waals surface area contributed by atoms with Crippen LogP contribution in [0.15, 0.2) is 24.3 Å². The van der Waals surface area contributed by atoms with Crippen LogP contribution in [0.25, 0.3) is 0 Å². The van der Waals surface area contributed by atoms with Crippen LogP contribution in [0.2, 0.25) is 0 Å². The van der Waals surface area contributed by atoms with Crippen molar-refractivity contribution in [3.8, 4) is 0 Å². The van der Waals surface area contributed by atoms with Gasteiger partial charge in [0.15, 0.2) is 0 Å². The van der Waals surface area contributed by atoms with Crippen LogP contribution in [0.3, 0.4) is 0 Å². The van der Waals surface area contributed by atoms with Gasteiger partial charge in [0, 0.05) is 37.6 Å². The molecule has 0 aliphatic heterocycles. The van der Waals surface area contributed by atoms with Gasteiger partial charge in [-0.05, 0) is 45.4 Å². The van der Waals surface area contributed by atoms with Gasteiger partial charge < -0.3 is 9.80 Å². The summed E-state index contributed by atoms with van der Waals surface area (Å²) in [5.41, 5.74) is 2.63. The van der Waals surface area contributed by atoms with E-state index in [-0.39, 0.29) is 0 Å². The van der Waals surface area contributed by atoms with Crippen molar-refractivity contribution in [3.05, 3.63) is 24.3 Å². The van der Waals surface area contributed by atoms with E-state index in [0.717, 1.165) is 13.1 Å². The lowest BCUT2D eigenvalue weighted by Crippen LogP contribution is -2.28. The van der Waals surface area contributed by atoms with Gasteiger partial charge in [-0.15, -0.1) is 0 Å². The van der Waals surface area contributed by atoms with Gasteiger partial charge in [-0.1, -0.05) is 13.0 Å². The molecule has 0 spiro atoms. The summed E-state index contributed by atoms with van der Waals surface area (Å²) >= 11 is 0. The van der Waals surface area contributed by atoms with Crippen molar-refractivity contribution in [1.29, 1.82) is 0 Å². The van der Waals surface area contributed by atoms with E-state index in [9.17, 15) is 0 Å². The van der Waals surface area contributed by atoms with E-state index in [1.54, 1.807) is 0 Å². The summed E-state index contributed by atoms with van der Waals surface area (Å²) in [6, 6.07) is 9.42. The Morgan fingerprint density at radius 1 is 1.06 bits per heavy atom. The van der Waals surface area contributed by atoms with Gasteiger partial charge in [0.05, 0.1) is 0 Å². The highest BCUT2D eigenvalue weighted by molar-refractivity contribution is 5.59. The first kappa shape index (κ1) is 13.9. The van der Waals surface area contributed by atoms with Crippen molar-refractivity contribution in [2.24, 2.45) is 0 Å². The van der Waals surface area contributed by atoms with E-state index in [1.165, 1.54) is 17.8 Å². The first-order chi connectivity index (χ1) is 8.13. The molecule has 1 unspecified atom stereocenters. The lowest BCUT2D eigenvalue weighted by Gasteiger charge is -2.28. The minimum atomic E-state index is 0.585. The lowest BCUT2D eigenvalue weighted by atomic mass is 10.2. The highest BCUT2D eigenvalue weighted by Crippen LogP contribution is 2.23. The number of rotatable bonds is 6. The van der Waals surface area contributed by atoms with Crippen LogP contribution in [0.4, 0.5) is 11.4 Å². The van der Waals surface area contributed by atoms with Crippen LogP contribution >= 0.6 is 0 Å². The molecule has 0 radical (unpaired) electrons. The standard InChI is InChI=1S/C15H26N2/c1-6-13(4)16(5)14-10-9-11-15(12-14)17(7-2)8-3/h9-13H,6-8H2,1-5H3. The van der Waals surface area contributed by atoms with Crippen LogP contribution < -0.4 is 9.80 Å². The van der Waals surface area contributed by atoms with Gasteiger partial charge in [-0.3, -0.25) is 0 Å². The smallest absolute Gasteiger partial charge is 0.0386 e. The summed E-state index contributed by atoms with van der Waals surface area (Å²) in [7, 11) is 2.18. The van der Waals surface area contributed by atoms with Crippen molar-refractivity contribution < 1.29 is 0 Å². The highest BCUT2D eigenvalue weighted by atomic mass is 15.1. The molecule has 0 amide bonds. The Bertz CT molecular complexity index is 331. The van der Waals surface area contributed by atoms with Gasteiger partial charge in [0.1, 0.15) is 0 Å². The summed E-state index contributed by atoms with van der Waals surface area (Å²) in [4.78, 5) is 4.74. The monoisotopic (exact) mass is 234 g/mol. The number of anilines is 2. The topological polar surface area (TPSA) is 6.48 Å². The molecule has 0 aromatic heterocycles. The number of hydrogen-bond donors (Lipinski definition) is 0. The van der Waals surface area contributed by atoms with Gasteiger partial charge in [0.2, 0.25) is 0 Å². The van der Waals surface area contributed by atoms with E-state index in [0.29, 0.717) is 6.04 Å². The van der Waals surface area contributed by atoms with Crippen LogP contribution in [-0.4, -0.2) is 26.2 Å². The molecule has 0 saturated heterocycles. The van der Waals surface area contributed by atoms with E-state index < -0.39 is 0 Å². The third kappa shape index (κ3) is 3.39. The third-order valence-electron chi connectivity index (χ3n) is 3.62. The van der Waals surface area contributed by atoms with Gasteiger partial charge >= 0.3 is 0 Å². The fraction of sp³-hybridized carbons (Fsp3) is 0.600. The molecule has 0 saturated carbocycles. The predicted molar refractivity (Wildman–Crippen MR) is 78.2 cm³/mol. The summed E-state index contributed by atoms with van der Waals surface area (Å²) in [6.45, 7) is 11.0. The Morgan fingerprint density at radius 2 is 1.65 bits per heavy atom. The average molecular weight is 234 g/mol. The molecular formula is C15H26N2. The van der Waals surface area contributed by atoms with E-state index in [2.05, 4.69) is 68.8 Å². The molecule has 0 fully saturated rings. The fourth-order valence-electron chi connectivity index (χ4n) is 2.03. The Labute approximate surface area is 106 Å². The SMILES string of the molecule is CCC(C)N(C)c1cccc(N(CC)CC)c1. The Morgan fingerprint density at radius 3 is 2.18 bits per heavy atom. The maximum Gasteiger partial charge on any atom is 0.0386 e. The zero-order chi connectivity index (χ0) is 12.8. The average Bonchev–Trinajstić information content (AvgIpc) is 2.38. The van der Waals surface area contributed by atoms with Crippen molar-refractivity contribution in [1.82, 2.24) is 0 Å². The molecule has 96 valence electrons. The first-order valence-corrected chi connectivity index (χ1v) is 6.71. The van der Waals surface area contributed by atoms with Crippen LogP contribution in [0, 0.1) is 0 Å². The molecule has 17 heavy (non-hydrogen) atoms. The minimum absolute atomic E-state index is 0.585. The van der Waals surface area contributed by atoms with Crippen LogP contribution in [0.5, 0.6) is 0 Å². The van der Waals surface area contributed by atoms with Crippen molar-refractivity contribution >= 4 is 11.4 Å². The molecule has 2 nitrogen and oxygen atoms in total. The lowest BCUT2D eigenvalue weighted by molar-refractivity contribution is 0.664. The minimum Gasteiger partial charge on any atom is -0.372 e. The second-order valence-corrected chi connectivity index (χ2v) is 4.56. The van der Waals surface area contributed by atoms with E-state index in [1.807, 2.05) is 0 Å². The van der Waals surface area contributed by atoms with Gasteiger partial charge in [0.25, 0.3) is 0 Å². The number of nitrogens with zero attached hydrogens (tertiary/aromatic N) is 2. The largest absolute Gasteiger partial charge is 0.372 e. The molecule has 1 atom stereocenters. The Balaban J connectivity index is 2.92. The summed E-state index contributed by atoms with van der Waals surface area (Å²) in [6.07, 6.45) is 1.17. The third-order valence-corrected chi connectivity index (χ3v) is 3.62. The first-order valence-electron chi connectivity index (χ1n) is 6.71. The number of benzene rings is 1. The fourth-order valence-corrected chi connectivity index (χ4v) is 2.03. The number of hydrogen-bond acceptors (Lipinski definition) is 2. The maximum absolute atomic E-state index is 2.38. The van der Waals surface area contributed by atoms with Crippen molar-refractivity contribution in [2.45, 2.75) is 40.2 Å². The molecule has 0 heterocycles. The normalized spacial score (nSPS) is 12.3. The zero-order valence-corrected chi connectivity index (χ0v) is 11.9. The zero-order valence-electron chi connectivity index (χ0n) is 11.9. The van der Waals surface area contributed by atoms with Crippen molar-refractivity contribution in [3.63, 3.8) is 0 Å². The Kier molecular flexibility index (Phi) is 5.33. The second kappa shape index (κ2) is 6.53. The maximum atomic E-state index is 2.38. The second-order valence-electron chi connectivity index (χ2n) is 4.56. The molecule has 1 rings (SSSR count). The highest BCUT2D eigenvalue weighted by Gasteiger charge is 2.09. The molecule has 0 aliphatic rings. The van der Waals surface area contributed by atoms with Crippen molar-refractivity contribution in [2.75, 3.05) is 29.9 Å². The molecule has 2 heteroatoms. The molecule has 1 aromatic rings. The van der Waals surface area contributed by atoms with Crippen LogP contribution in [-0.2, 0) is 0 Å². The molecular weight excluding hydrogens is 208 g/mol. The predicted octanol–water partition coefficient (Wildman–Crippen LogP) is 3.77. The van der Waals surface area contributed by atoms with E-state index >= 15 is 0 Å². The van der Waals surface area contributed by atoms with Gasteiger partial charge in [-0.25, -0.2) is 0 Å². The molecule has 0 N–H and O–H groups in total. The van der Waals surface area contributed by atoms with Crippen LogP contribution in [0.1, 0.15) is 34.1 Å². The summed E-state index contributed by atoms with van der Waals surface area (Å²) in [5, 5.41) is 0. The molecule has 0 aliphatic carbocycles. The quantitative estimate of drug-likeness (QED) is 0.739. The van der Waals surface area contributed by atoms with E-state index in [4.69, 9.17) is 0 Å². The summed E-state index contributed by atoms with van der Waals surface area (Å²) in [5.74, 6) is 0.